The fraction of sp³-hybridized carbons (Fsp3) is 0.200. The summed E-state index contributed by atoms with van der Waals surface area (Å²) >= 11 is 3.89. The van der Waals surface area contributed by atoms with Gasteiger partial charge in [0.25, 0.3) is 0 Å². The Hall–Kier alpha value is -3.94. The lowest BCUT2D eigenvalue weighted by atomic mass is 9.91. The van der Waals surface area contributed by atoms with Gasteiger partial charge in [-0.25, -0.2) is 9.15 Å². The van der Waals surface area contributed by atoms with Crippen LogP contribution in [-0.4, -0.2) is 71.8 Å². The van der Waals surface area contributed by atoms with Crippen LogP contribution in [0, 0.1) is 0 Å². The fourth-order valence-electron chi connectivity index (χ4n) is 6.64. The van der Waals surface area contributed by atoms with E-state index < -0.39 is 0 Å². The van der Waals surface area contributed by atoms with E-state index in [2.05, 4.69) is 130 Å². The molecule has 4 aliphatic heterocycles. The van der Waals surface area contributed by atoms with E-state index in [4.69, 9.17) is 9.47 Å². The maximum atomic E-state index is 5.83. The zero-order valence-electron chi connectivity index (χ0n) is 25.7. The van der Waals surface area contributed by atoms with Crippen molar-refractivity contribution in [1.29, 1.82) is 0 Å². The molecule has 4 nitrogen and oxygen atoms in total. The molecule has 2 fully saturated rings. The minimum atomic E-state index is 0.746. The van der Waals surface area contributed by atoms with Gasteiger partial charge in [-0.1, -0.05) is 121 Å². The Morgan fingerprint density at radius 2 is 0.652 bits per heavy atom. The minimum absolute atomic E-state index is 0.746. The van der Waals surface area contributed by atoms with Crippen molar-refractivity contribution in [2.24, 2.45) is 0 Å². The monoisotopic (exact) mass is 640 g/mol. The number of allylic oxidation sites excluding steroid dienone is 2. The quantitative estimate of drug-likeness (QED) is 0.213. The zero-order chi connectivity index (χ0) is 30.7. The molecule has 46 heavy (non-hydrogen) atoms. The summed E-state index contributed by atoms with van der Waals surface area (Å²) in [5.41, 5.74) is 10.2. The number of ether oxygens (including phenoxy) is 2. The van der Waals surface area contributed by atoms with E-state index in [1.807, 2.05) is 23.5 Å². The third-order valence-corrected chi connectivity index (χ3v) is 11.5. The first-order chi connectivity index (χ1) is 22.9. The van der Waals surface area contributed by atoms with Crippen LogP contribution in [0.2, 0.25) is 0 Å². The lowest BCUT2D eigenvalue weighted by molar-refractivity contribution is -0.545. The van der Waals surface area contributed by atoms with Gasteiger partial charge in [0, 0.05) is 21.0 Å². The largest absolute Gasteiger partial charge is 0.368 e. The fourth-order valence-corrected chi connectivity index (χ4v) is 9.58. The molecule has 4 heterocycles. The standard InChI is InChI=1S/C40H36N2O2S2/c1-5-13-29(14-6-1)33-35(31-17-9-3-10-18-31)39(41-21-25-43-26-22-41)45-37(33)38-34(30-15-7-2-8-16-30)36(32-19-11-4-12-20-32)40(46-38)42-23-27-44-28-24-42/h1-20H,21-28H2/q+2/b38-37+. The highest BCUT2D eigenvalue weighted by molar-refractivity contribution is 8.22. The van der Waals surface area contributed by atoms with Crippen molar-refractivity contribution in [1.82, 2.24) is 0 Å². The number of hydrogen-bond acceptors (Lipinski definition) is 4. The van der Waals surface area contributed by atoms with Crippen LogP contribution in [0.3, 0.4) is 0 Å². The van der Waals surface area contributed by atoms with Gasteiger partial charge in [0.2, 0.25) is 10.1 Å². The van der Waals surface area contributed by atoms with Crippen LogP contribution in [0.1, 0.15) is 22.3 Å². The number of benzene rings is 4. The third kappa shape index (κ3) is 5.64. The molecule has 2 saturated heterocycles. The van der Waals surface area contributed by atoms with Gasteiger partial charge in [-0.2, -0.15) is 0 Å². The smallest absolute Gasteiger partial charge is 0.248 e. The van der Waals surface area contributed by atoms with Crippen LogP contribution in [0.25, 0.3) is 22.3 Å². The van der Waals surface area contributed by atoms with E-state index in [0.29, 0.717) is 0 Å². The Morgan fingerprint density at radius 1 is 0.370 bits per heavy atom. The SMILES string of the molecule is c1ccc(C2=C(c3ccccc3)/C(=C3\SC(=[N+]4CCOCC4)C(c4ccccc4)=C3c3ccccc3)SC2=[N+]2CCOCC2)cc1. The Morgan fingerprint density at radius 3 is 0.957 bits per heavy atom. The predicted octanol–water partition coefficient (Wildman–Crippen LogP) is 7.80. The molecule has 228 valence electrons. The second-order valence-electron chi connectivity index (χ2n) is 11.6. The average molecular weight is 641 g/mol. The van der Waals surface area contributed by atoms with E-state index in [0.717, 1.165) is 52.6 Å². The molecule has 0 saturated carbocycles. The molecule has 0 atom stereocenters. The summed E-state index contributed by atoms with van der Waals surface area (Å²) in [4.78, 5) is 2.65. The number of hydrogen-bond donors (Lipinski definition) is 0. The van der Waals surface area contributed by atoms with Gasteiger partial charge in [-0.05, 0) is 45.8 Å². The first-order valence-electron chi connectivity index (χ1n) is 16.1. The van der Waals surface area contributed by atoms with Gasteiger partial charge in [-0.15, -0.1) is 0 Å². The van der Waals surface area contributed by atoms with Gasteiger partial charge >= 0.3 is 0 Å². The summed E-state index contributed by atoms with van der Waals surface area (Å²) < 4.78 is 16.8. The predicted molar refractivity (Wildman–Crippen MR) is 193 cm³/mol. The summed E-state index contributed by atoms with van der Waals surface area (Å²) in [6, 6.07) is 43.9. The van der Waals surface area contributed by atoms with Crippen molar-refractivity contribution in [3.05, 3.63) is 153 Å². The maximum absolute atomic E-state index is 5.83. The lowest BCUT2D eigenvalue weighted by Crippen LogP contribution is -2.32. The highest BCUT2D eigenvalue weighted by Gasteiger charge is 2.43. The van der Waals surface area contributed by atoms with Gasteiger partial charge < -0.3 is 9.47 Å². The summed E-state index contributed by atoms with van der Waals surface area (Å²) in [5.74, 6) is 0. The molecule has 0 spiro atoms. The van der Waals surface area contributed by atoms with Crippen LogP contribution in [0.4, 0.5) is 0 Å². The molecule has 4 aromatic carbocycles. The molecular weight excluding hydrogens is 605 g/mol. The van der Waals surface area contributed by atoms with Crippen molar-refractivity contribution in [3.8, 4) is 0 Å². The summed E-state index contributed by atoms with van der Waals surface area (Å²) in [7, 11) is 0. The van der Waals surface area contributed by atoms with Crippen LogP contribution >= 0.6 is 23.5 Å². The molecule has 0 bridgehead atoms. The second-order valence-corrected chi connectivity index (χ2v) is 13.6. The van der Waals surface area contributed by atoms with Gasteiger partial charge in [0.1, 0.15) is 26.4 Å². The molecule has 0 aromatic heterocycles. The minimum Gasteiger partial charge on any atom is -0.368 e. The highest BCUT2D eigenvalue weighted by Crippen LogP contribution is 2.58. The van der Waals surface area contributed by atoms with Crippen LogP contribution in [0.15, 0.2) is 131 Å². The third-order valence-electron chi connectivity index (χ3n) is 8.83. The van der Waals surface area contributed by atoms with Crippen LogP contribution in [-0.2, 0) is 9.47 Å². The second kappa shape index (κ2) is 13.4. The zero-order valence-corrected chi connectivity index (χ0v) is 27.4. The molecule has 8 rings (SSSR count). The van der Waals surface area contributed by atoms with E-state index >= 15 is 0 Å². The number of thioether (sulfide) groups is 2. The van der Waals surface area contributed by atoms with E-state index in [1.54, 1.807) is 0 Å². The van der Waals surface area contributed by atoms with E-state index in [-0.39, 0.29) is 0 Å². The molecule has 0 N–H and O–H groups in total. The molecule has 0 radical (unpaired) electrons. The first kappa shape index (κ1) is 29.5. The molecular formula is C40H36N2O2S2+2. The van der Waals surface area contributed by atoms with Gasteiger partial charge in [-0.3, -0.25) is 0 Å². The molecule has 4 aromatic rings. The molecule has 0 aliphatic carbocycles. The Bertz CT molecular complexity index is 1750. The van der Waals surface area contributed by atoms with Gasteiger partial charge in [0.05, 0.1) is 11.1 Å². The normalized spacial score (nSPS) is 20.7. The van der Waals surface area contributed by atoms with E-state index in [9.17, 15) is 0 Å². The van der Waals surface area contributed by atoms with Crippen LogP contribution < -0.4 is 0 Å². The topological polar surface area (TPSA) is 24.5 Å². The summed E-state index contributed by atoms with van der Waals surface area (Å²) in [5, 5.41) is 2.65. The van der Waals surface area contributed by atoms with Crippen molar-refractivity contribution in [2.45, 2.75) is 0 Å². The first-order valence-corrected chi connectivity index (χ1v) is 17.7. The van der Waals surface area contributed by atoms with E-state index in [1.165, 1.54) is 64.4 Å². The van der Waals surface area contributed by atoms with Crippen molar-refractivity contribution in [3.63, 3.8) is 0 Å². The Balaban J connectivity index is 1.48. The lowest BCUT2D eigenvalue weighted by Gasteiger charge is -2.14. The van der Waals surface area contributed by atoms with Crippen molar-refractivity contribution < 1.29 is 18.6 Å². The average Bonchev–Trinajstić information content (AvgIpc) is 3.74. The number of rotatable bonds is 4. The summed E-state index contributed by atoms with van der Waals surface area (Å²) in [6.45, 7) is 6.53. The molecule has 0 unspecified atom stereocenters. The Kier molecular flexibility index (Phi) is 8.60. The Labute approximate surface area is 279 Å². The van der Waals surface area contributed by atoms with Crippen molar-refractivity contribution in [2.75, 3.05) is 52.6 Å². The van der Waals surface area contributed by atoms with Crippen molar-refractivity contribution >= 4 is 55.9 Å². The molecule has 0 amide bonds. The van der Waals surface area contributed by atoms with Gasteiger partial charge in [0.15, 0.2) is 26.2 Å². The molecule has 6 heteroatoms. The number of nitrogens with zero attached hydrogens (tertiary/aromatic N) is 2. The summed E-state index contributed by atoms with van der Waals surface area (Å²) in [6.07, 6.45) is 0. The molecule has 4 aliphatic rings. The number of morpholine rings is 2. The van der Waals surface area contributed by atoms with Crippen LogP contribution in [0.5, 0.6) is 0 Å². The maximum Gasteiger partial charge on any atom is 0.248 e. The highest BCUT2D eigenvalue weighted by atomic mass is 32.2.